The van der Waals surface area contributed by atoms with Gasteiger partial charge in [0.25, 0.3) is 0 Å². The summed E-state index contributed by atoms with van der Waals surface area (Å²) in [7, 11) is -0.881. The molecule has 1 atom stereocenters. The molecule has 0 aromatic carbocycles. The molecule has 0 aliphatic carbocycles. The monoisotopic (exact) mass is 269 g/mol. The molecule has 18 heavy (non-hydrogen) atoms. The molecule has 1 fully saturated rings. The Morgan fingerprint density at radius 2 is 2.17 bits per heavy atom. The minimum Gasteiger partial charge on any atom is -0.325 e. The van der Waals surface area contributed by atoms with Gasteiger partial charge in [-0.05, 0) is 25.6 Å². The van der Waals surface area contributed by atoms with Crippen LogP contribution in [0.5, 0.6) is 0 Å². The highest BCUT2D eigenvalue weighted by molar-refractivity contribution is 7.91. The molecule has 0 amide bonds. The number of hydrogen-bond donors (Lipinski definition) is 1. The molecule has 0 saturated carbocycles. The Morgan fingerprint density at radius 1 is 1.44 bits per heavy atom. The van der Waals surface area contributed by atoms with Crippen LogP contribution in [-0.4, -0.2) is 42.9 Å². The second-order valence-corrected chi connectivity index (χ2v) is 7.03. The van der Waals surface area contributed by atoms with E-state index in [9.17, 15) is 8.42 Å². The minimum absolute atomic E-state index is 0.110. The lowest BCUT2D eigenvalue weighted by molar-refractivity contribution is 0.251. The maximum Gasteiger partial charge on any atom is 0.151 e. The molecule has 0 bridgehead atoms. The highest BCUT2D eigenvalue weighted by Crippen LogP contribution is 2.18. The Kier molecular flexibility index (Phi) is 3.99. The smallest absolute Gasteiger partial charge is 0.151 e. The quantitative estimate of drug-likeness (QED) is 0.842. The van der Waals surface area contributed by atoms with Gasteiger partial charge in [-0.2, -0.15) is 0 Å². The van der Waals surface area contributed by atoms with E-state index in [-0.39, 0.29) is 11.8 Å². The third-order valence-electron chi connectivity index (χ3n) is 3.32. The number of nitrogens with zero attached hydrogens (tertiary/aromatic N) is 2. The molecule has 0 radical (unpaired) electrons. The van der Waals surface area contributed by atoms with E-state index in [2.05, 4.69) is 9.88 Å². The molecule has 1 aromatic heterocycles. The van der Waals surface area contributed by atoms with Crippen molar-refractivity contribution in [2.75, 3.05) is 18.6 Å². The normalized spacial score (nSPS) is 22.5. The highest BCUT2D eigenvalue weighted by Gasteiger charge is 2.30. The van der Waals surface area contributed by atoms with Crippen molar-refractivity contribution in [2.24, 2.45) is 5.73 Å². The van der Waals surface area contributed by atoms with E-state index in [0.29, 0.717) is 18.8 Å². The first-order chi connectivity index (χ1) is 8.50. The van der Waals surface area contributed by atoms with Gasteiger partial charge in [-0.15, -0.1) is 0 Å². The van der Waals surface area contributed by atoms with Crippen molar-refractivity contribution in [2.45, 2.75) is 25.6 Å². The standard InChI is InChI=1S/C12H19N3O2S/c1-15(12-5-6-18(16,17)9-12)8-11-4-2-3-10(7-13)14-11/h2-4,12H,5-9,13H2,1H3. The van der Waals surface area contributed by atoms with Crippen LogP contribution in [-0.2, 0) is 22.9 Å². The molecule has 1 saturated heterocycles. The number of sulfone groups is 1. The lowest BCUT2D eigenvalue weighted by Gasteiger charge is -2.22. The molecule has 6 heteroatoms. The van der Waals surface area contributed by atoms with Crippen molar-refractivity contribution in [3.05, 3.63) is 29.6 Å². The SMILES string of the molecule is CN(Cc1cccc(CN)n1)C1CCS(=O)(=O)C1. The summed E-state index contributed by atoms with van der Waals surface area (Å²) >= 11 is 0. The average Bonchev–Trinajstić information content (AvgIpc) is 2.70. The molecular formula is C12H19N3O2S. The van der Waals surface area contributed by atoms with Gasteiger partial charge in [-0.3, -0.25) is 9.88 Å². The summed E-state index contributed by atoms with van der Waals surface area (Å²) in [5.74, 6) is 0.568. The lowest BCUT2D eigenvalue weighted by atomic mass is 10.2. The van der Waals surface area contributed by atoms with Crippen LogP contribution in [0.15, 0.2) is 18.2 Å². The van der Waals surface area contributed by atoms with Gasteiger partial charge in [0.05, 0.1) is 22.9 Å². The second-order valence-electron chi connectivity index (χ2n) is 4.80. The van der Waals surface area contributed by atoms with Gasteiger partial charge in [-0.25, -0.2) is 8.42 Å². The van der Waals surface area contributed by atoms with Crippen molar-refractivity contribution >= 4 is 9.84 Å². The Bertz CT molecular complexity index is 516. The molecule has 1 aliphatic rings. The predicted octanol–water partition coefficient (Wildman–Crippen LogP) is 0.159. The van der Waals surface area contributed by atoms with Gasteiger partial charge in [0.1, 0.15) is 0 Å². The lowest BCUT2D eigenvalue weighted by Crippen LogP contribution is -2.32. The Balaban J connectivity index is 2.01. The zero-order chi connectivity index (χ0) is 13.2. The van der Waals surface area contributed by atoms with Crippen molar-refractivity contribution in [1.82, 2.24) is 9.88 Å². The van der Waals surface area contributed by atoms with Crippen LogP contribution in [0.25, 0.3) is 0 Å². The van der Waals surface area contributed by atoms with Crippen molar-refractivity contribution in [3.8, 4) is 0 Å². The molecule has 2 N–H and O–H groups in total. The average molecular weight is 269 g/mol. The zero-order valence-corrected chi connectivity index (χ0v) is 11.4. The summed E-state index contributed by atoms with van der Waals surface area (Å²) < 4.78 is 22.9. The Labute approximate surface area is 108 Å². The largest absolute Gasteiger partial charge is 0.325 e. The summed E-state index contributed by atoms with van der Waals surface area (Å²) in [6, 6.07) is 5.88. The first-order valence-corrected chi connectivity index (χ1v) is 7.88. The number of rotatable bonds is 4. The van der Waals surface area contributed by atoms with Gasteiger partial charge in [0, 0.05) is 19.1 Å². The predicted molar refractivity (Wildman–Crippen MR) is 70.7 cm³/mol. The molecular weight excluding hydrogens is 250 g/mol. The van der Waals surface area contributed by atoms with Gasteiger partial charge in [-0.1, -0.05) is 6.07 Å². The summed E-state index contributed by atoms with van der Waals surface area (Å²) in [6.07, 6.45) is 0.718. The van der Waals surface area contributed by atoms with Crippen LogP contribution >= 0.6 is 0 Å². The van der Waals surface area contributed by atoms with E-state index >= 15 is 0 Å². The van der Waals surface area contributed by atoms with Crippen LogP contribution in [0, 0.1) is 0 Å². The summed E-state index contributed by atoms with van der Waals surface area (Å²) in [6.45, 7) is 1.09. The molecule has 1 unspecified atom stereocenters. The third-order valence-corrected chi connectivity index (χ3v) is 5.07. The molecule has 2 heterocycles. The maximum atomic E-state index is 11.4. The number of pyridine rings is 1. The van der Waals surface area contributed by atoms with Crippen molar-refractivity contribution in [1.29, 1.82) is 0 Å². The summed E-state index contributed by atoms with van der Waals surface area (Å²) in [5, 5.41) is 0. The van der Waals surface area contributed by atoms with E-state index in [4.69, 9.17) is 5.73 Å². The molecule has 5 nitrogen and oxygen atoms in total. The highest BCUT2D eigenvalue weighted by atomic mass is 32.2. The fourth-order valence-electron chi connectivity index (χ4n) is 2.24. The van der Waals surface area contributed by atoms with E-state index in [1.165, 1.54) is 0 Å². The minimum atomic E-state index is -2.83. The summed E-state index contributed by atoms with van der Waals surface area (Å²) in [4.78, 5) is 6.49. The third kappa shape index (κ3) is 3.28. The van der Waals surface area contributed by atoms with Crippen LogP contribution in [0.1, 0.15) is 17.8 Å². The van der Waals surface area contributed by atoms with Gasteiger partial charge < -0.3 is 5.73 Å². The van der Waals surface area contributed by atoms with E-state index in [0.717, 1.165) is 17.8 Å². The topological polar surface area (TPSA) is 76.3 Å². The Morgan fingerprint density at radius 3 is 2.78 bits per heavy atom. The first-order valence-electron chi connectivity index (χ1n) is 6.06. The number of hydrogen-bond acceptors (Lipinski definition) is 5. The second kappa shape index (κ2) is 5.34. The maximum absolute atomic E-state index is 11.4. The summed E-state index contributed by atoms with van der Waals surface area (Å²) in [5.41, 5.74) is 7.35. The first kappa shape index (κ1) is 13.5. The molecule has 1 aromatic rings. The zero-order valence-electron chi connectivity index (χ0n) is 10.5. The van der Waals surface area contributed by atoms with Crippen molar-refractivity contribution < 1.29 is 8.42 Å². The molecule has 1 aliphatic heterocycles. The van der Waals surface area contributed by atoms with Gasteiger partial charge >= 0.3 is 0 Å². The van der Waals surface area contributed by atoms with E-state index in [1.54, 1.807) is 0 Å². The van der Waals surface area contributed by atoms with Crippen LogP contribution < -0.4 is 5.73 Å². The fraction of sp³-hybridized carbons (Fsp3) is 0.583. The number of aromatic nitrogens is 1. The van der Waals surface area contributed by atoms with E-state index in [1.807, 2.05) is 25.2 Å². The molecule has 100 valence electrons. The number of nitrogens with two attached hydrogens (primary N) is 1. The van der Waals surface area contributed by atoms with Crippen LogP contribution in [0.3, 0.4) is 0 Å². The van der Waals surface area contributed by atoms with Gasteiger partial charge in [0.15, 0.2) is 9.84 Å². The Hall–Kier alpha value is -0.980. The fourth-order valence-corrected chi connectivity index (χ4v) is 4.04. The van der Waals surface area contributed by atoms with E-state index < -0.39 is 9.84 Å². The van der Waals surface area contributed by atoms with Crippen LogP contribution in [0.4, 0.5) is 0 Å². The molecule has 0 spiro atoms. The van der Waals surface area contributed by atoms with Gasteiger partial charge in [0.2, 0.25) is 0 Å². The van der Waals surface area contributed by atoms with Crippen molar-refractivity contribution in [3.63, 3.8) is 0 Å². The molecule has 2 rings (SSSR count). The van der Waals surface area contributed by atoms with Crippen LogP contribution in [0.2, 0.25) is 0 Å².